The number of carbonyl (C=O) groups excluding carboxylic acids is 1. The second kappa shape index (κ2) is 6.72. The number of benzene rings is 1. The Morgan fingerprint density at radius 2 is 2.19 bits per heavy atom. The molecule has 0 aliphatic carbocycles. The van der Waals surface area contributed by atoms with E-state index >= 15 is 0 Å². The molecule has 1 fully saturated rings. The number of fused-ring (bicyclic) bond motifs is 1. The van der Waals surface area contributed by atoms with Crippen LogP contribution in [0.4, 0.5) is 0 Å². The first-order chi connectivity index (χ1) is 12.5. The Bertz CT molecular complexity index is 946. The minimum Gasteiger partial charge on any atom is -0.489 e. The van der Waals surface area contributed by atoms with Crippen LogP contribution >= 0.6 is 11.3 Å². The molecule has 0 unspecified atom stereocenters. The van der Waals surface area contributed by atoms with Gasteiger partial charge in [-0.25, -0.2) is 4.98 Å². The number of aromatic nitrogens is 3. The molecule has 0 spiro atoms. The molecule has 3 heterocycles. The molecule has 1 saturated heterocycles. The molecule has 4 rings (SSSR count). The third-order valence-corrected chi connectivity index (χ3v) is 5.67. The smallest absolute Gasteiger partial charge is 0.220 e. The van der Waals surface area contributed by atoms with Gasteiger partial charge in [-0.3, -0.25) is 9.48 Å². The summed E-state index contributed by atoms with van der Waals surface area (Å²) in [5.74, 6) is 1.10. The number of nitrogens with zero attached hydrogens (tertiary/aromatic N) is 3. The van der Waals surface area contributed by atoms with Crippen LogP contribution in [0.3, 0.4) is 0 Å². The maximum atomic E-state index is 11.5. The molecule has 0 saturated carbocycles. The van der Waals surface area contributed by atoms with Crippen LogP contribution in [-0.4, -0.2) is 33.3 Å². The number of hydrogen-bond donors (Lipinski definition) is 1. The summed E-state index contributed by atoms with van der Waals surface area (Å²) in [5.41, 5.74) is 4.64. The fourth-order valence-corrected chi connectivity index (χ4v) is 3.94. The van der Waals surface area contributed by atoms with Gasteiger partial charge in [0.2, 0.25) is 5.91 Å². The van der Waals surface area contributed by atoms with Gasteiger partial charge in [0.15, 0.2) is 0 Å². The highest BCUT2D eigenvalue weighted by molar-refractivity contribution is 7.17. The van der Waals surface area contributed by atoms with Crippen molar-refractivity contribution >= 4 is 27.5 Å². The van der Waals surface area contributed by atoms with E-state index in [0.717, 1.165) is 27.2 Å². The molecule has 1 aromatic carbocycles. The molecular weight excluding hydrogens is 348 g/mol. The van der Waals surface area contributed by atoms with E-state index in [1.165, 1.54) is 0 Å². The Labute approximate surface area is 156 Å². The van der Waals surface area contributed by atoms with E-state index in [1.807, 2.05) is 35.4 Å². The van der Waals surface area contributed by atoms with Gasteiger partial charge in [-0.05, 0) is 39.0 Å². The lowest BCUT2D eigenvalue weighted by Gasteiger charge is -2.20. The number of thiazole rings is 1. The van der Waals surface area contributed by atoms with Crippen molar-refractivity contribution in [2.75, 3.05) is 6.54 Å². The summed E-state index contributed by atoms with van der Waals surface area (Å²) in [7, 11) is 0. The molecule has 0 radical (unpaired) electrons. The second-order valence-electron chi connectivity index (χ2n) is 7.04. The van der Waals surface area contributed by atoms with E-state index in [2.05, 4.69) is 35.3 Å². The van der Waals surface area contributed by atoms with Crippen molar-refractivity contribution in [1.29, 1.82) is 0 Å². The molecule has 2 aromatic heterocycles. The molecule has 0 bridgehead atoms. The molecule has 7 heteroatoms. The van der Waals surface area contributed by atoms with Crippen molar-refractivity contribution in [3.63, 3.8) is 0 Å². The molecule has 26 heavy (non-hydrogen) atoms. The number of rotatable bonds is 5. The van der Waals surface area contributed by atoms with Crippen LogP contribution in [0.15, 0.2) is 29.9 Å². The maximum absolute atomic E-state index is 11.5. The van der Waals surface area contributed by atoms with Crippen LogP contribution in [-0.2, 0) is 4.79 Å². The molecule has 1 aliphatic heterocycles. The average molecular weight is 370 g/mol. The summed E-state index contributed by atoms with van der Waals surface area (Å²) in [6.45, 7) is 6.91. The zero-order valence-electron chi connectivity index (χ0n) is 15.1. The first-order valence-corrected chi connectivity index (χ1v) is 9.75. The number of amides is 1. The van der Waals surface area contributed by atoms with E-state index < -0.39 is 0 Å². The molecular formula is C19H22N4O2S. The molecule has 1 N–H and O–H groups in total. The maximum Gasteiger partial charge on any atom is 0.220 e. The summed E-state index contributed by atoms with van der Waals surface area (Å²) in [4.78, 5) is 16.0. The number of hydrogen-bond acceptors (Lipinski definition) is 5. The fraction of sp³-hybridized carbons (Fsp3) is 0.421. The molecule has 2 atom stereocenters. The summed E-state index contributed by atoms with van der Waals surface area (Å²) < 4.78 is 9.25. The van der Waals surface area contributed by atoms with Gasteiger partial charge in [0.1, 0.15) is 11.9 Å². The second-order valence-corrected chi connectivity index (χ2v) is 7.90. The number of nitrogens with one attached hydrogen (secondary N) is 1. The lowest BCUT2D eigenvalue weighted by molar-refractivity contribution is -0.119. The third-order valence-electron chi connectivity index (χ3n) is 4.82. The third kappa shape index (κ3) is 3.19. The normalized spacial score (nSPS) is 18.5. The topological polar surface area (TPSA) is 69.0 Å². The van der Waals surface area contributed by atoms with E-state index in [-0.39, 0.29) is 17.9 Å². The van der Waals surface area contributed by atoms with Gasteiger partial charge in [0.25, 0.3) is 0 Å². The van der Waals surface area contributed by atoms with Crippen molar-refractivity contribution in [2.45, 2.75) is 39.3 Å². The lowest BCUT2D eigenvalue weighted by Crippen LogP contribution is -2.25. The van der Waals surface area contributed by atoms with Crippen LogP contribution < -0.4 is 10.1 Å². The Balaban J connectivity index is 1.67. The SMILES string of the molecule is CC(C)n1ccc(-c2cc(O[C@@H](C)[C@@H]3CNC(=O)C3)c3scnc3c2)n1. The predicted octanol–water partition coefficient (Wildman–Crippen LogP) is 3.64. The number of carbonyl (C=O) groups is 1. The van der Waals surface area contributed by atoms with Gasteiger partial charge in [-0.15, -0.1) is 11.3 Å². The molecule has 1 aliphatic rings. The van der Waals surface area contributed by atoms with Gasteiger partial charge < -0.3 is 10.1 Å². The summed E-state index contributed by atoms with van der Waals surface area (Å²) in [6, 6.07) is 6.42. The number of ether oxygens (including phenoxy) is 1. The molecule has 136 valence electrons. The van der Waals surface area contributed by atoms with Crippen molar-refractivity contribution < 1.29 is 9.53 Å². The average Bonchev–Trinajstić information content (AvgIpc) is 3.34. The highest BCUT2D eigenvalue weighted by atomic mass is 32.1. The van der Waals surface area contributed by atoms with Gasteiger partial charge in [0, 0.05) is 36.7 Å². The summed E-state index contributed by atoms with van der Waals surface area (Å²) in [6.07, 6.45) is 2.46. The van der Waals surface area contributed by atoms with E-state index in [9.17, 15) is 4.79 Å². The van der Waals surface area contributed by atoms with Gasteiger partial charge in [-0.1, -0.05) is 0 Å². The fourth-order valence-electron chi connectivity index (χ4n) is 3.21. The Hall–Kier alpha value is -2.41. The van der Waals surface area contributed by atoms with Crippen LogP contribution in [0, 0.1) is 5.92 Å². The van der Waals surface area contributed by atoms with Crippen LogP contribution in [0.25, 0.3) is 21.5 Å². The summed E-state index contributed by atoms with van der Waals surface area (Å²) in [5, 5.41) is 7.54. The van der Waals surface area contributed by atoms with Crippen LogP contribution in [0.2, 0.25) is 0 Å². The predicted molar refractivity (Wildman–Crippen MR) is 102 cm³/mol. The van der Waals surface area contributed by atoms with Crippen LogP contribution in [0.5, 0.6) is 5.75 Å². The molecule has 3 aromatic rings. The van der Waals surface area contributed by atoms with Gasteiger partial charge >= 0.3 is 0 Å². The molecule has 6 nitrogen and oxygen atoms in total. The van der Waals surface area contributed by atoms with Crippen molar-refractivity contribution in [3.05, 3.63) is 29.9 Å². The Morgan fingerprint density at radius 1 is 1.35 bits per heavy atom. The highest BCUT2D eigenvalue weighted by Gasteiger charge is 2.28. The first-order valence-electron chi connectivity index (χ1n) is 8.87. The quantitative estimate of drug-likeness (QED) is 0.744. The zero-order chi connectivity index (χ0) is 18.3. The van der Waals surface area contributed by atoms with Gasteiger partial charge in [-0.2, -0.15) is 5.10 Å². The summed E-state index contributed by atoms with van der Waals surface area (Å²) >= 11 is 1.57. The first kappa shape index (κ1) is 17.0. The molecule has 1 amide bonds. The lowest BCUT2D eigenvalue weighted by atomic mass is 10.0. The van der Waals surface area contributed by atoms with Crippen LogP contribution in [0.1, 0.15) is 33.2 Å². The van der Waals surface area contributed by atoms with E-state index in [4.69, 9.17) is 4.74 Å². The zero-order valence-corrected chi connectivity index (χ0v) is 15.9. The van der Waals surface area contributed by atoms with Crippen molar-refractivity contribution in [1.82, 2.24) is 20.1 Å². The monoisotopic (exact) mass is 370 g/mol. The van der Waals surface area contributed by atoms with Gasteiger partial charge in [0.05, 0.1) is 21.4 Å². The standard InChI is InChI=1S/C19H22N4O2S/c1-11(2)23-5-4-15(22-23)13-6-16-19(26-10-21-16)17(7-13)25-12(3)14-8-18(24)20-9-14/h4-7,10-12,14H,8-9H2,1-3H3,(H,20,24)/t12-,14-/m0/s1. The Kier molecular flexibility index (Phi) is 4.40. The highest BCUT2D eigenvalue weighted by Crippen LogP contribution is 2.35. The minimum atomic E-state index is -0.0530. The Morgan fingerprint density at radius 3 is 2.88 bits per heavy atom. The minimum absolute atomic E-state index is 0.0530. The largest absolute Gasteiger partial charge is 0.489 e. The van der Waals surface area contributed by atoms with Crippen molar-refractivity contribution in [2.24, 2.45) is 5.92 Å². The van der Waals surface area contributed by atoms with E-state index in [1.54, 1.807) is 11.3 Å². The van der Waals surface area contributed by atoms with Crippen molar-refractivity contribution in [3.8, 4) is 17.0 Å². The van der Waals surface area contributed by atoms with E-state index in [0.29, 0.717) is 19.0 Å².